The molecule has 2 aromatic heterocycles. The number of carbonyl (C=O) groups excluding carboxylic acids is 1. The van der Waals surface area contributed by atoms with Gasteiger partial charge in [0.2, 0.25) is 5.91 Å². The Morgan fingerprint density at radius 2 is 2.19 bits per heavy atom. The van der Waals surface area contributed by atoms with Gasteiger partial charge < -0.3 is 5.32 Å². The number of anilines is 1. The molecule has 1 amide bonds. The van der Waals surface area contributed by atoms with Crippen LogP contribution in [0.1, 0.15) is 23.7 Å². The number of hydrogen-bond donors (Lipinski definition) is 2. The summed E-state index contributed by atoms with van der Waals surface area (Å²) in [6.07, 6.45) is 4.42. The Bertz CT molecular complexity index is 1020. The maximum atomic E-state index is 13.0. The summed E-state index contributed by atoms with van der Waals surface area (Å²) in [6.45, 7) is 3.73. The van der Waals surface area contributed by atoms with Crippen molar-refractivity contribution >= 4 is 11.6 Å². The molecule has 0 aliphatic carbocycles. The van der Waals surface area contributed by atoms with Crippen molar-refractivity contribution in [2.24, 2.45) is 0 Å². The highest BCUT2D eigenvalue weighted by atomic mass is 16.1. The van der Waals surface area contributed by atoms with Crippen molar-refractivity contribution in [2.75, 3.05) is 11.9 Å². The van der Waals surface area contributed by atoms with Gasteiger partial charge in [-0.15, -0.1) is 0 Å². The molecule has 0 bridgehead atoms. The van der Waals surface area contributed by atoms with Gasteiger partial charge in [-0.2, -0.15) is 0 Å². The fraction of sp³-hybridized carbons (Fsp3) is 0.250. The van der Waals surface area contributed by atoms with Crippen LogP contribution >= 0.6 is 0 Å². The Morgan fingerprint density at radius 3 is 2.96 bits per heavy atom. The highest BCUT2D eigenvalue weighted by molar-refractivity contribution is 5.88. The third-order valence-corrected chi connectivity index (χ3v) is 4.69. The first kappa shape index (κ1) is 17.2. The Kier molecular flexibility index (Phi) is 4.60. The van der Waals surface area contributed by atoms with E-state index in [9.17, 15) is 9.59 Å². The van der Waals surface area contributed by atoms with Crippen molar-refractivity contribution in [1.82, 2.24) is 19.7 Å². The molecule has 138 valence electrons. The zero-order valence-corrected chi connectivity index (χ0v) is 15.1. The fourth-order valence-electron chi connectivity index (χ4n) is 3.45. The Hall–Kier alpha value is -3.19. The molecule has 2 N–H and O–H groups in total. The molecule has 0 radical (unpaired) electrons. The zero-order chi connectivity index (χ0) is 18.8. The Labute approximate surface area is 156 Å². The number of pyridine rings is 1. The molecule has 1 aliphatic heterocycles. The second-order valence-electron chi connectivity index (χ2n) is 6.76. The summed E-state index contributed by atoms with van der Waals surface area (Å²) >= 11 is 0. The van der Waals surface area contributed by atoms with Crippen LogP contribution in [0.25, 0.3) is 5.69 Å². The normalized spacial score (nSPS) is 14.0. The van der Waals surface area contributed by atoms with Crippen LogP contribution in [-0.2, 0) is 24.3 Å². The first-order valence-electron chi connectivity index (χ1n) is 8.92. The lowest BCUT2D eigenvalue weighted by atomic mass is 10.1. The minimum absolute atomic E-state index is 0.0409. The third kappa shape index (κ3) is 3.68. The van der Waals surface area contributed by atoms with Gasteiger partial charge in [0.15, 0.2) is 0 Å². The number of nitrogens with one attached hydrogen (secondary N) is 2. The lowest BCUT2D eigenvalue weighted by Crippen LogP contribution is -2.32. The number of benzene rings is 1. The summed E-state index contributed by atoms with van der Waals surface area (Å²) in [5.41, 5.74) is 4.25. The molecule has 3 aromatic rings. The smallest absolute Gasteiger partial charge is 0.275 e. The molecule has 1 aromatic carbocycles. The van der Waals surface area contributed by atoms with Crippen molar-refractivity contribution in [2.45, 2.75) is 26.4 Å². The molecule has 4 rings (SSSR count). The summed E-state index contributed by atoms with van der Waals surface area (Å²) in [4.78, 5) is 30.6. The number of aromatic amines is 1. The Balaban J connectivity index is 1.59. The molecule has 0 saturated heterocycles. The maximum absolute atomic E-state index is 13.0. The molecule has 0 fully saturated rings. The van der Waals surface area contributed by atoms with E-state index in [0.29, 0.717) is 17.9 Å². The summed E-state index contributed by atoms with van der Waals surface area (Å²) in [5, 5.41) is 5.98. The van der Waals surface area contributed by atoms with Crippen LogP contribution < -0.4 is 10.9 Å². The van der Waals surface area contributed by atoms with Crippen LogP contribution in [-0.4, -0.2) is 32.1 Å². The standard InChI is InChI=1S/C20H21N5O2/c1-14(26)22-16-5-2-6-17(10-16)25-20(27)18-13-24(9-7-19(18)23-25)12-15-4-3-8-21-11-15/h2-6,8,10-11,23H,7,9,12-13H2,1H3,(H,22,26). The maximum Gasteiger partial charge on any atom is 0.275 e. The number of fused-ring (bicyclic) bond motifs is 1. The number of H-pyrrole nitrogens is 1. The van der Waals surface area contributed by atoms with Gasteiger partial charge in [0.25, 0.3) is 5.56 Å². The summed E-state index contributed by atoms with van der Waals surface area (Å²) in [7, 11) is 0. The van der Waals surface area contributed by atoms with Crippen LogP contribution in [0.4, 0.5) is 5.69 Å². The average molecular weight is 363 g/mol. The quantitative estimate of drug-likeness (QED) is 0.743. The molecular weight excluding hydrogens is 342 g/mol. The lowest BCUT2D eigenvalue weighted by molar-refractivity contribution is -0.114. The second kappa shape index (κ2) is 7.20. The minimum atomic E-state index is -0.142. The van der Waals surface area contributed by atoms with Gasteiger partial charge in [-0.1, -0.05) is 12.1 Å². The second-order valence-corrected chi connectivity index (χ2v) is 6.76. The fourth-order valence-corrected chi connectivity index (χ4v) is 3.45. The number of aromatic nitrogens is 3. The van der Waals surface area contributed by atoms with Gasteiger partial charge in [0.1, 0.15) is 0 Å². The van der Waals surface area contributed by atoms with Crippen molar-refractivity contribution in [3.05, 3.63) is 76.0 Å². The monoisotopic (exact) mass is 363 g/mol. The van der Waals surface area contributed by atoms with E-state index in [2.05, 4.69) is 20.3 Å². The van der Waals surface area contributed by atoms with Crippen LogP contribution in [0.15, 0.2) is 53.6 Å². The molecule has 0 spiro atoms. The molecule has 0 saturated carbocycles. The van der Waals surface area contributed by atoms with E-state index in [0.717, 1.165) is 36.3 Å². The van der Waals surface area contributed by atoms with Gasteiger partial charge in [0.05, 0.1) is 11.3 Å². The van der Waals surface area contributed by atoms with Crippen molar-refractivity contribution < 1.29 is 4.79 Å². The minimum Gasteiger partial charge on any atom is -0.326 e. The first-order valence-corrected chi connectivity index (χ1v) is 8.92. The Morgan fingerprint density at radius 1 is 1.30 bits per heavy atom. The van der Waals surface area contributed by atoms with E-state index < -0.39 is 0 Å². The van der Waals surface area contributed by atoms with Crippen LogP contribution in [0.2, 0.25) is 0 Å². The van der Waals surface area contributed by atoms with E-state index in [1.807, 2.05) is 30.5 Å². The summed E-state index contributed by atoms with van der Waals surface area (Å²) in [6, 6.07) is 11.2. The van der Waals surface area contributed by atoms with Crippen molar-refractivity contribution in [1.29, 1.82) is 0 Å². The van der Waals surface area contributed by atoms with Gasteiger partial charge in [0, 0.05) is 56.8 Å². The molecule has 7 nitrogen and oxygen atoms in total. The first-order chi connectivity index (χ1) is 13.1. The number of amides is 1. The molecular formula is C20H21N5O2. The molecule has 1 aliphatic rings. The largest absolute Gasteiger partial charge is 0.326 e. The van der Waals surface area contributed by atoms with Crippen LogP contribution in [0, 0.1) is 0 Å². The number of rotatable bonds is 4. The third-order valence-electron chi connectivity index (χ3n) is 4.69. The van der Waals surface area contributed by atoms with E-state index in [1.54, 1.807) is 23.0 Å². The van der Waals surface area contributed by atoms with Gasteiger partial charge in [-0.3, -0.25) is 24.6 Å². The predicted molar refractivity (Wildman–Crippen MR) is 103 cm³/mol. The summed E-state index contributed by atoms with van der Waals surface area (Å²) in [5.74, 6) is -0.142. The average Bonchev–Trinajstić information content (AvgIpc) is 2.99. The lowest BCUT2D eigenvalue weighted by Gasteiger charge is -2.25. The van der Waals surface area contributed by atoms with E-state index >= 15 is 0 Å². The zero-order valence-electron chi connectivity index (χ0n) is 15.1. The van der Waals surface area contributed by atoms with Crippen LogP contribution in [0.5, 0.6) is 0 Å². The molecule has 27 heavy (non-hydrogen) atoms. The number of nitrogens with zero attached hydrogens (tertiary/aromatic N) is 3. The van der Waals surface area contributed by atoms with Gasteiger partial charge in [-0.05, 0) is 29.8 Å². The van der Waals surface area contributed by atoms with Crippen molar-refractivity contribution in [3.8, 4) is 5.69 Å². The highest BCUT2D eigenvalue weighted by Crippen LogP contribution is 2.19. The number of hydrogen-bond acceptors (Lipinski definition) is 4. The molecule has 0 unspecified atom stereocenters. The molecule has 3 heterocycles. The number of carbonyl (C=O) groups is 1. The van der Waals surface area contributed by atoms with E-state index in [-0.39, 0.29) is 11.5 Å². The van der Waals surface area contributed by atoms with Gasteiger partial charge >= 0.3 is 0 Å². The molecule has 7 heteroatoms. The van der Waals surface area contributed by atoms with Crippen LogP contribution in [0.3, 0.4) is 0 Å². The summed E-state index contributed by atoms with van der Waals surface area (Å²) < 4.78 is 1.56. The van der Waals surface area contributed by atoms with E-state index in [4.69, 9.17) is 0 Å². The topological polar surface area (TPSA) is 83.0 Å². The van der Waals surface area contributed by atoms with E-state index in [1.165, 1.54) is 6.92 Å². The SMILES string of the molecule is CC(=O)Nc1cccc(-n2[nH]c3c(c2=O)CN(Cc2cccnc2)CC3)c1. The molecule has 0 atom stereocenters. The van der Waals surface area contributed by atoms with Gasteiger partial charge in [-0.25, -0.2) is 4.68 Å². The van der Waals surface area contributed by atoms with Crippen molar-refractivity contribution in [3.63, 3.8) is 0 Å². The predicted octanol–water partition coefficient (Wildman–Crippen LogP) is 2.08. The highest BCUT2D eigenvalue weighted by Gasteiger charge is 2.23.